The van der Waals surface area contributed by atoms with E-state index in [0.717, 1.165) is 21.5 Å². The van der Waals surface area contributed by atoms with E-state index in [1.807, 2.05) is 31.2 Å². The first kappa shape index (κ1) is 9.27. The lowest BCUT2D eigenvalue weighted by Gasteiger charge is -1.99. The Bertz CT molecular complexity index is 465. The molecule has 0 fully saturated rings. The Labute approximate surface area is 90.1 Å². The van der Waals surface area contributed by atoms with Gasteiger partial charge in [-0.05, 0) is 13.0 Å². The Morgan fingerprint density at radius 1 is 1.36 bits per heavy atom. The summed E-state index contributed by atoms with van der Waals surface area (Å²) in [5.74, 6) is 0.731. The van der Waals surface area contributed by atoms with Gasteiger partial charge >= 0.3 is 0 Å². The van der Waals surface area contributed by atoms with Crippen LogP contribution in [0.15, 0.2) is 33.2 Å². The van der Waals surface area contributed by atoms with Crippen LogP contribution >= 0.6 is 15.9 Å². The Hall–Kier alpha value is -1.29. The average molecular weight is 253 g/mol. The maximum Gasteiger partial charge on any atom is 0.292 e. The second kappa shape index (κ2) is 3.46. The number of benzene rings is 1. The van der Waals surface area contributed by atoms with Crippen LogP contribution in [0.2, 0.25) is 0 Å². The summed E-state index contributed by atoms with van der Waals surface area (Å²) in [7, 11) is 0. The van der Waals surface area contributed by atoms with Gasteiger partial charge in [0, 0.05) is 10.0 Å². The normalized spacial score (nSPS) is 10.4. The third-order valence-corrected chi connectivity index (χ3v) is 2.63. The van der Waals surface area contributed by atoms with E-state index < -0.39 is 0 Å². The van der Waals surface area contributed by atoms with Crippen LogP contribution in [0.5, 0.6) is 0 Å². The smallest absolute Gasteiger partial charge is 0.292 e. The van der Waals surface area contributed by atoms with E-state index in [1.54, 1.807) is 0 Å². The number of nitrogens with zero attached hydrogens (tertiary/aromatic N) is 1. The highest BCUT2D eigenvalue weighted by Gasteiger charge is 2.11. The van der Waals surface area contributed by atoms with Crippen LogP contribution < -0.4 is 5.73 Å². The minimum absolute atomic E-state index is 0.202. The van der Waals surface area contributed by atoms with Gasteiger partial charge in [0.1, 0.15) is 11.5 Å². The number of nitrogen functional groups attached to an aromatic ring is 1. The van der Waals surface area contributed by atoms with Crippen molar-refractivity contribution in [1.82, 2.24) is 4.98 Å². The number of aromatic nitrogens is 1. The highest BCUT2D eigenvalue weighted by Crippen LogP contribution is 2.30. The largest absolute Gasteiger partial charge is 0.429 e. The second-order valence-corrected chi connectivity index (χ2v) is 3.79. The molecule has 1 aromatic heterocycles. The van der Waals surface area contributed by atoms with Gasteiger partial charge in [0.25, 0.3) is 6.01 Å². The van der Waals surface area contributed by atoms with Crippen molar-refractivity contribution in [3.05, 3.63) is 34.5 Å². The van der Waals surface area contributed by atoms with Gasteiger partial charge in [-0.3, -0.25) is 0 Å². The molecule has 1 aromatic carbocycles. The molecule has 0 amide bonds. The molecule has 2 N–H and O–H groups in total. The zero-order chi connectivity index (χ0) is 10.1. The van der Waals surface area contributed by atoms with Crippen LogP contribution in [0.4, 0.5) is 6.01 Å². The molecule has 14 heavy (non-hydrogen) atoms. The minimum Gasteiger partial charge on any atom is -0.429 e. The Balaban J connectivity index is 2.60. The monoisotopic (exact) mass is 252 g/mol. The molecular formula is C10H9BrN2O. The number of oxazole rings is 1. The number of nitrogens with two attached hydrogens (primary N) is 1. The van der Waals surface area contributed by atoms with Gasteiger partial charge in [0.05, 0.1) is 0 Å². The molecule has 0 aliphatic rings. The van der Waals surface area contributed by atoms with Crippen molar-refractivity contribution in [2.45, 2.75) is 6.92 Å². The predicted molar refractivity (Wildman–Crippen MR) is 58.8 cm³/mol. The van der Waals surface area contributed by atoms with Crippen molar-refractivity contribution in [1.29, 1.82) is 0 Å². The highest BCUT2D eigenvalue weighted by molar-refractivity contribution is 9.10. The number of hydrogen-bond acceptors (Lipinski definition) is 3. The van der Waals surface area contributed by atoms with Crippen molar-refractivity contribution in [3.63, 3.8) is 0 Å². The number of rotatable bonds is 1. The van der Waals surface area contributed by atoms with Crippen molar-refractivity contribution >= 4 is 21.9 Å². The van der Waals surface area contributed by atoms with Gasteiger partial charge in [-0.1, -0.05) is 34.1 Å². The zero-order valence-electron chi connectivity index (χ0n) is 7.62. The third-order valence-electron chi connectivity index (χ3n) is 1.94. The summed E-state index contributed by atoms with van der Waals surface area (Å²) < 4.78 is 6.15. The molecule has 0 saturated carbocycles. The van der Waals surface area contributed by atoms with Gasteiger partial charge in [0.2, 0.25) is 0 Å². The molecule has 0 saturated heterocycles. The molecule has 3 nitrogen and oxygen atoms in total. The first-order chi connectivity index (χ1) is 6.68. The van der Waals surface area contributed by atoms with E-state index in [0.29, 0.717) is 0 Å². The van der Waals surface area contributed by atoms with Crippen LogP contribution in [-0.4, -0.2) is 4.98 Å². The highest BCUT2D eigenvalue weighted by atomic mass is 79.9. The van der Waals surface area contributed by atoms with Crippen LogP contribution in [0.25, 0.3) is 11.3 Å². The number of aryl methyl sites for hydroxylation is 1. The van der Waals surface area contributed by atoms with E-state index in [4.69, 9.17) is 10.2 Å². The summed E-state index contributed by atoms with van der Waals surface area (Å²) in [5.41, 5.74) is 7.25. The van der Waals surface area contributed by atoms with Crippen LogP contribution in [0.3, 0.4) is 0 Å². The molecule has 0 aliphatic carbocycles. The summed E-state index contributed by atoms with van der Waals surface area (Å²) in [6.07, 6.45) is 0. The Morgan fingerprint density at radius 3 is 2.64 bits per heavy atom. The lowest BCUT2D eigenvalue weighted by Crippen LogP contribution is -1.84. The lowest BCUT2D eigenvalue weighted by molar-refractivity contribution is 0.549. The number of anilines is 1. The van der Waals surface area contributed by atoms with Gasteiger partial charge in [-0.2, -0.15) is 4.98 Å². The summed E-state index contributed by atoms with van der Waals surface area (Å²) in [4.78, 5) is 4.12. The lowest BCUT2D eigenvalue weighted by atomic mass is 10.1. The van der Waals surface area contributed by atoms with Crippen LogP contribution in [0, 0.1) is 6.92 Å². The fourth-order valence-electron chi connectivity index (χ4n) is 1.32. The molecule has 1 heterocycles. The van der Waals surface area contributed by atoms with E-state index in [9.17, 15) is 0 Å². The molecule has 0 bridgehead atoms. The maximum atomic E-state index is 5.47. The number of halogens is 1. The van der Waals surface area contributed by atoms with Gasteiger partial charge in [-0.25, -0.2) is 0 Å². The summed E-state index contributed by atoms with van der Waals surface area (Å²) >= 11 is 3.45. The molecule has 0 spiro atoms. The second-order valence-electron chi connectivity index (χ2n) is 2.94. The maximum absolute atomic E-state index is 5.47. The number of hydrogen-bond donors (Lipinski definition) is 1. The van der Waals surface area contributed by atoms with E-state index in [-0.39, 0.29) is 6.01 Å². The quantitative estimate of drug-likeness (QED) is 0.849. The molecule has 0 radical (unpaired) electrons. The van der Waals surface area contributed by atoms with Crippen molar-refractivity contribution in [2.75, 3.05) is 5.73 Å². The SMILES string of the molecule is Cc1oc(N)nc1-c1ccccc1Br. The minimum atomic E-state index is 0.202. The third kappa shape index (κ3) is 1.53. The Kier molecular flexibility index (Phi) is 2.29. The molecule has 0 aliphatic heterocycles. The molecule has 2 rings (SSSR count). The standard InChI is InChI=1S/C10H9BrN2O/c1-6-9(13-10(12)14-6)7-4-2-3-5-8(7)11/h2-5H,1H3,(H2,12,13). The summed E-state index contributed by atoms with van der Waals surface area (Å²) in [5, 5.41) is 0. The topological polar surface area (TPSA) is 52.0 Å². The molecule has 4 heteroatoms. The first-order valence-electron chi connectivity index (χ1n) is 4.16. The zero-order valence-corrected chi connectivity index (χ0v) is 9.21. The fourth-order valence-corrected chi connectivity index (χ4v) is 1.79. The summed E-state index contributed by atoms with van der Waals surface area (Å²) in [6, 6.07) is 8.03. The van der Waals surface area contributed by atoms with Gasteiger partial charge in [0.15, 0.2) is 0 Å². The average Bonchev–Trinajstić information content (AvgIpc) is 2.46. The van der Waals surface area contributed by atoms with E-state index in [1.165, 1.54) is 0 Å². The van der Waals surface area contributed by atoms with Crippen LogP contribution in [-0.2, 0) is 0 Å². The summed E-state index contributed by atoms with van der Waals surface area (Å²) in [6.45, 7) is 1.85. The van der Waals surface area contributed by atoms with Gasteiger partial charge < -0.3 is 10.2 Å². The molecule has 2 aromatic rings. The fraction of sp³-hybridized carbons (Fsp3) is 0.100. The van der Waals surface area contributed by atoms with Gasteiger partial charge in [-0.15, -0.1) is 0 Å². The van der Waals surface area contributed by atoms with Crippen molar-refractivity contribution < 1.29 is 4.42 Å². The molecular weight excluding hydrogens is 244 g/mol. The molecule has 0 atom stereocenters. The van der Waals surface area contributed by atoms with Crippen molar-refractivity contribution in [3.8, 4) is 11.3 Å². The van der Waals surface area contributed by atoms with E-state index in [2.05, 4.69) is 20.9 Å². The molecule has 72 valence electrons. The Morgan fingerprint density at radius 2 is 2.07 bits per heavy atom. The van der Waals surface area contributed by atoms with Crippen LogP contribution in [0.1, 0.15) is 5.76 Å². The van der Waals surface area contributed by atoms with E-state index >= 15 is 0 Å². The molecule has 0 unspecified atom stereocenters. The first-order valence-corrected chi connectivity index (χ1v) is 4.95. The van der Waals surface area contributed by atoms with Crippen molar-refractivity contribution in [2.24, 2.45) is 0 Å². The predicted octanol–water partition coefficient (Wildman–Crippen LogP) is 2.99.